The lowest BCUT2D eigenvalue weighted by Crippen LogP contribution is -2.02. The fourth-order valence-corrected chi connectivity index (χ4v) is 1.98. The van der Waals surface area contributed by atoms with Crippen LogP contribution in [0.2, 0.25) is 0 Å². The van der Waals surface area contributed by atoms with Crippen molar-refractivity contribution in [3.63, 3.8) is 0 Å². The van der Waals surface area contributed by atoms with Crippen LogP contribution in [0.25, 0.3) is 12.2 Å². The van der Waals surface area contributed by atoms with E-state index in [0.717, 1.165) is 11.1 Å². The molecule has 2 N–H and O–H groups in total. The van der Waals surface area contributed by atoms with Gasteiger partial charge in [-0.15, -0.1) is 0 Å². The highest BCUT2D eigenvalue weighted by atomic mass is 31.2. The van der Waals surface area contributed by atoms with Crippen molar-refractivity contribution in [1.82, 2.24) is 4.98 Å². The molecule has 0 aliphatic heterocycles. The highest BCUT2D eigenvalue weighted by Crippen LogP contribution is 2.32. The quantitative estimate of drug-likeness (QED) is 0.829. The Morgan fingerprint density at radius 2 is 1.67 bits per heavy atom. The van der Waals surface area contributed by atoms with Gasteiger partial charge in [0.1, 0.15) is 0 Å². The predicted octanol–water partition coefficient (Wildman–Crippen LogP) is 2.05. The molecule has 0 amide bonds. The number of aromatic nitrogens is 1. The topological polar surface area (TPSA) is 70.4 Å². The van der Waals surface area contributed by atoms with Gasteiger partial charge in [0.15, 0.2) is 0 Å². The summed E-state index contributed by atoms with van der Waals surface area (Å²) in [6, 6.07) is 9.97. The monoisotopic (exact) mass is 261 g/mol. The molecule has 92 valence electrons. The van der Waals surface area contributed by atoms with E-state index in [2.05, 4.69) is 4.98 Å². The highest BCUT2D eigenvalue weighted by molar-refractivity contribution is 7.60. The second-order valence-corrected chi connectivity index (χ2v) is 5.36. The van der Waals surface area contributed by atoms with E-state index in [1.54, 1.807) is 24.5 Å². The number of pyridine rings is 1. The number of hydrogen-bond donors (Lipinski definition) is 2. The van der Waals surface area contributed by atoms with Crippen molar-refractivity contribution >= 4 is 25.1 Å². The van der Waals surface area contributed by atoms with Gasteiger partial charge in [0.05, 0.1) is 5.30 Å². The summed E-state index contributed by atoms with van der Waals surface area (Å²) in [6.45, 7) is 0. The minimum Gasteiger partial charge on any atom is -0.321 e. The summed E-state index contributed by atoms with van der Waals surface area (Å²) in [5, 5.41) is 0.0287. The molecule has 2 rings (SSSR count). The van der Waals surface area contributed by atoms with E-state index >= 15 is 0 Å². The van der Waals surface area contributed by atoms with Gasteiger partial charge in [-0.2, -0.15) is 0 Å². The molecule has 1 aromatic heterocycles. The maximum absolute atomic E-state index is 11.0. The lowest BCUT2D eigenvalue weighted by Gasteiger charge is -2.03. The molecule has 2 aromatic rings. The third-order valence-electron chi connectivity index (χ3n) is 2.38. The van der Waals surface area contributed by atoms with Crippen LogP contribution in [0.15, 0.2) is 48.8 Å². The zero-order chi connectivity index (χ0) is 13.0. The molecule has 0 atom stereocenters. The third kappa shape index (κ3) is 3.37. The molecule has 0 fully saturated rings. The lowest BCUT2D eigenvalue weighted by atomic mass is 10.2. The number of hydrogen-bond acceptors (Lipinski definition) is 2. The van der Waals surface area contributed by atoms with Gasteiger partial charge in [-0.3, -0.25) is 9.55 Å². The van der Waals surface area contributed by atoms with E-state index in [4.69, 9.17) is 9.79 Å². The van der Waals surface area contributed by atoms with Gasteiger partial charge in [-0.1, -0.05) is 30.4 Å². The van der Waals surface area contributed by atoms with E-state index in [1.165, 1.54) is 12.1 Å². The predicted molar refractivity (Wildman–Crippen MR) is 71.3 cm³/mol. The second-order valence-electron chi connectivity index (χ2n) is 3.76. The van der Waals surface area contributed by atoms with Crippen LogP contribution in [0.4, 0.5) is 0 Å². The summed E-state index contributed by atoms with van der Waals surface area (Å²) >= 11 is 0. The summed E-state index contributed by atoms with van der Waals surface area (Å²) in [5.41, 5.74) is 1.84. The summed E-state index contributed by atoms with van der Waals surface area (Å²) in [5.74, 6) is 0. The van der Waals surface area contributed by atoms with Gasteiger partial charge in [-0.25, -0.2) is 0 Å². The smallest absolute Gasteiger partial charge is 0.321 e. The normalized spacial score (nSPS) is 11.9. The molecule has 0 aliphatic rings. The van der Waals surface area contributed by atoms with Crippen LogP contribution in [0.3, 0.4) is 0 Å². The van der Waals surface area contributed by atoms with Crippen molar-refractivity contribution in [1.29, 1.82) is 0 Å². The lowest BCUT2D eigenvalue weighted by molar-refractivity contribution is 0.387. The molecular formula is C13H12NO3P. The Morgan fingerprint density at radius 1 is 1.00 bits per heavy atom. The van der Waals surface area contributed by atoms with Crippen molar-refractivity contribution in [3.8, 4) is 0 Å². The maximum atomic E-state index is 11.0. The average Bonchev–Trinajstić information content (AvgIpc) is 2.37. The number of nitrogens with zero attached hydrogens (tertiary/aromatic N) is 1. The van der Waals surface area contributed by atoms with E-state index in [1.807, 2.05) is 24.3 Å². The maximum Gasteiger partial charge on any atom is 0.356 e. The first-order valence-electron chi connectivity index (χ1n) is 5.30. The van der Waals surface area contributed by atoms with E-state index in [0.29, 0.717) is 0 Å². The molecule has 1 aromatic carbocycles. The fraction of sp³-hybridized carbons (Fsp3) is 0. The van der Waals surface area contributed by atoms with Crippen molar-refractivity contribution in [2.45, 2.75) is 0 Å². The molecular weight excluding hydrogens is 249 g/mol. The summed E-state index contributed by atoms with van der Waals surface area (Å²) < 4.78 is 11.0. The third-order valence-corrected chi connectivity index (χ3v) is 3.35. The molecule has 0 bridgehead atoms. The van der Waals surface area contributed by atoms with Crippen molar-refractivity contribution in [2.75, 3.05) is 0 Å². The van der Waals surface area contributed by atoms with Crippen LogP contribution in [0.5, 0.6) is 0 Å². The first-order chi connectivity index (χ1) is 8.55. The van der Waals surface area contributed by atoms with Crippen LogP contribution in [-0.2, 0) is 4.57 Å². The molecule has 0 spiro atoms. The van der Waals surface area contributed by atoms with Gasteiger partial charge in [0.25, 0.3) is 0 Å². The molecule has 4 nitrogen and oxygen atoms in total. The summed E-state index contributed by atoms with van der Waals surface area (Å²) in [6.07, 6.45) is 7.19. The largest absolute Gasteiger partial charge is 0.356 e. The van der Waals surface area contributed by atoms with Crippen molar-refractivity contribution < 1.29 is 14.4 Å². The molecule has 0 saturated carbocycles. The Balaban J connectivity index is 2.17. The molecule has 0 radical (unpaired) electrons. The van der Waals surface area contributed by atoms with Crippen LogP contribution in [0, 0.1) is 0 Å². The van der Waals surface area contributed by atoms with Crippen LogP contribution in [0.1, 0.15) is 11.1 Å². The highest BCUT2D eigenvalue weighted by Gasteiger charge is 2.15. The zero-order valence-corrected chi connectivity index (χ0v) is 10.4. The van der Waals surface area contributed by atoms with E-state index < -0.39 is 7.60 Å². The molecule has 0 unspecified atom stereocenters. The first kappa shape index (κ1) is 12.7. The number of rotatable bonds is 3. The molecule has 5 heteroatoms. The van der Waals surface area contributed by atoms with Gasteiger partial charge in [0, 0.05) is 12.4 Å². The SMILES string of the molecule is O=P(O)(O)c1ccc(/C=C/c2cccnc2)cc1. The Hall–Kier alpha value is -1.74. The standard InChI is InChI=1S/C13H12NO3P/c15-18(16,17)13-7-5-11(6-8-13)3-4-12-2-1-9-14-10-12/h1-10H,(H2,15,16,17)/b4-3+. The number of benzene rings is 1. The van der Waals surface area contributed by atoms with Crippen LogP contribution >= 0.6 is 7.60 Å². The average molecular weight is 261 g/mol. The second kappa shape index (κ2) is 5.27. The summed E-state index contributed by atoms with van der Waals surface area (Å²) in [7, 11) is -4.15. The van der Waals surface area contributed by atoms with Gasteiger partial charge >= 0.3 is 7.60 Å². The van der Waals surface area contributed by atoms with Crippen molar-refractivity contribution in [2.24, 2.45) is 0 Å². The Kier molecular flexibility index (Phi) is 3.72. The molecule has 0 aliphatic carbocycles. The van der Waals surface area contributed by atoms with E-state index in [9.17, 15) is 4.57 Å². The van der Waals surface area contributed by atoms with E-state index in [-0.39, 0.29) is 5.30 Å². The van der Waals surface area contributed by atoms with Gasteiger partial charge in [-0.05, 0) is 29.3 Å². The minimum absolute atomic E-state index is 0.0287. The molecule has 1 heterocycles. The molecule has 0 saturated heterocycles. The van der Waals surface area contributed by atoms with Crippen molar-refractivity contribution in [3.05, 3.63) is 59.9 Å². The Morgan fingerprint density at radius 3 is 2.22 bits per heavy atom. The Labute approximate surface area is 105 Å². The minimum atomic E-state index is -4.15. The van der Waals surface area contributed by atoms with Gasteiger partial charge in [0.2, 0.25) is 0 Å². The van der Waals surface area contributed by atoms with Crippen LogP contribution in [-0.4, -0.2) is 14.8 Å². The van der Waals surface area contributed by atoms with Gasteiger partial charge < -0.3 is 9.79 Å². The first-order valence-corrected chi connectivity index (χ1v) is 6.91. The summed E-state index contributed by atoms with van der Waals surface area (Å²) in [4.78, 5) is 21.9. The zero-order valence-electron chi connectivity index (χ0n) is 9.47. The Bertz CT molecular complexity index is 587. The fourth-order valence-electron chi connectivity index (χ4n) is 1.45. The van der Waals surface area contributed by atoms with Crippen LogP contribution < -0.4 is 5.30 Å². The molecule has 18 heavy (non-hydrogen) atoms.